The molecule has 4 nitrogen and oxygen atoms in total. The fraction of sp³-hybridized carbons (Fsp3) is 0.111. The number of nitrogens with one attached hydrogen (secondary N) is 1. The van der Waals surface area contributed by atoms with Crippen LogP contribution in [0.4, 0.5) is 0 Å². The summed E-state index contributed by atoms with van der Waals surface area (Å²) in [5.41, 5.74) is 12.2. The monoisotopic (exact) mass is 211 g/mol. The van der Waals surface area contributed by atoms with Crippen molar-refractivity contribution in [2.24, 2.45) is 16.6 Å². The van der Waals surface area contributed by atoms with Gasteiger partial charge >= 0.3 is 0 Å². The van der Waals surface area contributed by atoms with E-state index in [0.717, 1.165) is 11.1 Å². The van der Waals surface area contributed by atoms with Crippen LogP contribution >= 0.6 is 11.6 Å². The number of aryl methyl sites for hydroxylation is 1. The van der Waals surface area contributed by atoms with Crippen molar-refractivity contribution in [3.05, 3.63) is 34.3 Å². The van der Waals surface area contributed by atoms with Crippen molar-refractivity contribution in [2.45, 2.75) is 6.92 Å². The average Bonchev–Trinajstić information content (AvgIpc) is 2.10. The Hall–Kier alpha value is -1.55. The minimum atomic E-state index is -0.0231. The van der Waals surface area contributed by atoms with Crippen molar-refractivity contribution in [1.29, 1.82) is 0 Å². The summed E-state index contributed by atoms with van der Waals surface area (Å²) < 4.78 is 0. The van der Waals surface area contributed by atoms with E-state index in [1.54, 1.807) is 6.21 Å². The first-order chi connectivity index (χ1) is 6.59. The lowest BCUT2D eigenvalue weighted by Crippen LogP contribution is -2.63. The van der Waals surface area contributed by atoms with Crippen LogP contribution in [0.15, 0.2) is 23.3 Å². The van der Waals surface area contributed by atoms with Crippen LogP contribution < -0.4 is 16.6 Å². The van der Waals surface area contributed by atoms with Gasteiger partial charge in [-0.2, -0.15) is 0 Å². The van der Waals surface area contributed by atoms with Crippen molar-refractivity contribution >= 4 is 23.8 Å². The number of nitrogens with two attached hydrogens (primary N) is 2. The van der Waals surface area contributed by atoms with Crippen LogP contribution in [0.3, 0.4) is 0 Å². The first-order valence-electron chi connectivity index (χ1n) is 4.03. The summed E-state index contributed by atoms with van der Waals surface area (Å²) in [4.78, 5) is 0. The predicted molar refractivity (Wildman–Crippen MR) is 58.1 cm³/mol. The highest BCUT2D eigenvalue weighted by atomic mass is 35.5. The van der Waals surface area contributed by atoms with Gasteiger partial charge in [0.2, 0.25) is 6.21 Å². The smallest absolute Gasteiger partial charge is 0.256 e. The molecule has 0 aliphatic heterocycles. The van der Waals surface area contributed by atoms with Gasteiger partial charge in [-0.1, -0.05) is 23.2 Å². The number of hydrazone groups is 1. The molecule has 14 heavy (non-hydrogen) atoms. The summed E-state index contributed by atoms with van der Waals surface area (Å²) in [6, 6.07) is 5.68. The lowest BCUT2D eigenvalue weighted by Gasteiger charge is -1.95. The molecule has 0 spiro atoms. The summed E-state index contributed by atoms with van der Waals surface area (Å²) in [6.45, 7) is 1.98. The maximum Gasteiger partial charge on any atom is 0.256 e. The zero-order valence-electron chi connectivity index (χ0n) is 7.79. The van der Waals surface area contributed by atoms with Crippen LogP contribution in [0.5, 0.6) is 0 Å². The molecule has 0 amide bonds. The number of rotatable bonds is 2. The third-order valence-electron chi connectivity index (χ3n) is 1.57. The van der Waals surface area contributed by atoms with Gasteiger partial charge in [0.05, 0.1) is 10.6 Å². The van der Waals surface area contributed by atoms with Gasteiger partial charge in [0.15, 0.2) is 0 Å². The van der Waals surface area contributed by atoms with E-state index in [1.807, 2.05) is 25.1 Å². The molecule has 0 heterocycles. The molecule has 0 saturated carbocycles. The molecule has 0 atom stereocenters. The predicted octanol–water partition coefficient (Wildman–Crippen LogP) is -0.664. The Morgan fingerprint density at radius 1 is 1.50 bits per heavy atom. The summed E-state index contributed by atoms with van der Waals surface area (Å²) in [5, 5.41) is 6.84. The number of benzene rings is 1. The average molecular weight is 212 g/mol. The van der Waals surface area contributed by atoms with Crippen LogP contribution in [0.25, 0.3) is 0 Å². The Morgan fingerprint density at radius 2 is 2.21 bits per heavy atom. The Morgan fingerprint density at radius 3 is 2.86 bits per heavy atom. The van der Waals surface area contributed by atoms with Crippen LogP contribution in [0.1, 0.15) is 11.1 Å². The molecule has 5 N–H and O–H groups in total. The highest BCUT2D eigenvalue weighted by Crippen LogP contribution is 2.14. The molecule has 0 bridgehead atoms. The van der Waals surface area contributed by atoms with E-state index in [2.05, 4.69) is 10.2 Å². The second-order valence-corrected chi connectivity index (χ2v) is 3.24. The second-order valence-electron chi connectivity index (χ2n) is 2.84. The third kappa shape index (κ3) is 3.06. The fourth-order valence-electron chi connectivity index (χ4n) is 0.950. The van der Waals surface area contributed by atoms with Crippen LogP contribution in [-0.2, 0) is 0 Å². The zero-order chi connectivity index (χ0) is 10.6. The molecule has 0 fully saturated rings. The number of halogens is 1. The Bertz CT molecular complexity index is 380. The Balaban J connectivity index is 2.91. The molecule has 0 radical (unpaired) electrons. The van der Waals surface area contributed by atoms with Crippen LogP contribution in [-0.4, -0.2) is 12.2 Å². The van der Waals surface area contributed by atoms with Crippen LogP contribution in [0.2, 0.25) is 5.02 Å². The van der Waals surface area contributed by atoms with E-state index in [0.29, 0.717) is 5.02 Å². The maximum atomic E-state index is 5.93. The van der Waals surface area contributed by atoms with Crippen molar-refractivity contribution < 1.29 is 5.10 Å². The number of guanidine groups is 1. The molecule has 1 aromatic rings. The van der Waals surface area contributed by atoms with E-state index < -0.39 is 0 Å². The lowest BCUT2D eigenvalue weighted by molar-refractivity contribution is -0.456. The highest BCUT2D eigenvalue weighted by molar-refractivity contribution is 6.32. The molecule has 74 valence electrons. The SMILES string of the molecule is Cc1ccc(Cl)c(/C=[NH+]/N=C(N)N)c1. The van der Waals surface area contributed by atoms with Crippen LogP contribution in [0, 0.1) is 6.92 Å². The third-order valence-corrected chi connectivity index (χ3v) is 1.91. The van der Waals surface area contributed by atoms with Gasteiger partial charge in [0.25, 0.3) is 5.96 Å². The Kier molecular flexibility index (Phi) is 3.48. The van der Waals surface area contributed by atoms with Crippen molar-refractivity contribution in [3.8, 4) is 0 Å². The summed E-state index contributed by atoms with van der Waals surface area (Å²) in [5.74, 6) is -0.0231. The minimum Gasteiger partial charge on any atom is -0.365 e. The van der Waals surface area contributed by atoms with E-state index in [-0.39, 0.29) is 5.96 Å². The van der Waals surface area contributed by atoms with Gasteiger partial charge in [-0.05, 0) is 19.1 Å². The number of nitrogens with zero attached hydrogens (tertiary/aromatic N) is 1. The van der Waals surface area contributed by atoms with E-state index >= 15 is 0 Å². The molecule has 5 heteroatoms. The molecule has 0 saturated heterocycles. The first-order valence-corrected chi connectivity index (χ1v) is 4.41. The van der Waals surface area contributed by atoms with Gasteiger partial charge in [-0.25, -0.2) is 0 Å². The van der Waals surface area contributed by atoms with Gasteiger partial charge in [0, 0.05) is 5.10 Å². The minimum absolute atomic E-state index is 0.0231. The van der Waals surface area contributed by atoms with Gasteiger partial charge in [-0.3, -0.25) is 0 Å². The van der Waals surface area contributed by atoms with Crippen molar-refractivity contribution in [2.75, 3.05) is 0 Å². The van der Waals surface area contributed by atoms with E-state index in [9.17, 15) is 0 Å². The quantitative estimate of drug-likeness (QED) is 0.345. The summed E-state index contributed by atoms with van der Waals surface area (Å²) in [7, 11) is 0. The maximum absolute atomic E-state index is 5.93. The second kappa shape index (κ2) is 4.62. The highest BCUT2D eigenvalue weighted by Gasteiger charge is 1.99. The zero-order valence-corrected chi connectivity index (χ0v) is 8.55. The molecule has 1 rings (SSSR count). The van der Waals surface area contributed by atoms with Crippen molar-refractivity contribution in [3.63, 3.8) is 0 Å². The molecule has 0 aliphatic rings. The lowest BCUT2D eigenvalue weighted by atomic mass is 10.1. The molecule has 0 unspecified atom stereocenters. The van der Waals surface area contributed by atoms with Gasteiger partial charge in [-0.15, -0.1) is 5.10 Å². The topological polar surface area (TPSA) is 78.4 Å². The number of hydrogen-bond acceptors (Lipinski definition) is 1. The van der Waals surface area contributed by atoms with Crippen molar-refractivity contribution in [1.82, 2.24) is 0 Å². The normalized spacial score (nSPS) is 10.4. The molecular formula is C9H12ClN4+. The molecule has 1 aromatic carbocycles. The van der Waals surface area contributed by atoms with Gasteiger partial charge in [0.1, 0.15) is 0 Å². The fourth-order valence-corrected chi connectivity index (χ4v) is 1.12. The molecule has 0 aliphatic carbocycles. The Labute approximate surface area is 87.3 Å². The summed E-state index contributed by atoms with van der Waals surface area (Å²) in [6.07, 6.45) is 1.63. The molecule has 0 aromatic heterocycles. The van der Waals surface area contributed by atoms with E-state index in [1.165, 1.54) is 0 Å². The summed E-state index contributed by atoms with van der Waals surface area (Å²) >= 11 is 5.93. The van der Waals surface area contributed by atoms with E-state index in [4.69, 9.17) is 23.1 Å². The standard InChI is InChI=1S/C9H11ClN4/c1-6-2-3-8(10)7(4-6)5-13-14-9(11)12/h2-5H,1H3,(H4,11,12,14)/p+1/b13-5+. The van der Waals surface area contributed by atoms with Gasteiger partial charge < -0.3 is 11.5 Å². The largest absolute Gasteiger partial charge is 0.365 e. The molecular weight excluding hydrogens is 200 g/mol. The number of hydrogen-bond donors (Lipinski definition) is 3. The first kappa shape index (κ1) is 10.5.